The summed E-state index contributed by atoms with van der Waals surface area (Å²) in [6.07, 6.45) is 3.25. The lowest BCUT2D eigenvalue weighted by atomic mass is 10.1. The van der Waals surface area contributed by atoms with Crippen LogP contribution >= 0.6 is 11.8 Å². The summed E-state index contributed by atoms with van der Waals surface area (Å²) in [6, 6.07) is -1.29. The molecule has 1 saturated heterocycles. The standard InChI is InChI=1S/C12H22N2O3S/c1-3-5-6-8(13)11(15)14-9(12(16)17)7-18-10(14)4-2/h8-10H,3-7,13H2,1-2H3,(H,16,17)/t8-,9?,10?/m0/s1. The molecule has 0 aliphatic carbocycles. The van der Waals surface area contributed by atoms with E-state index in [-0.39, 0.29) is 11.3 Å². The molecule has 0 radical (unpaired) electrons. The number of carboxylic acids is 1. The van der Waals surface area contributed by atoms with Crippen molar-refractivity contribution in [3.8, 4) is 0 Å². The lowest BCUT2D eigenvalue weighted by Crippen LogP contribution is -2.51. The molecule has 0 aromatic heterocycles. The number of rotatable bonds is 6. The van der Waals surface area contributed by atoms with Gasteiger partial charge in [-0.05, 0) is 12.8 Å². The number of aliphatic carboxylic acids is 1. The van der Waals surface area contributed by atoms with Crippen LogP contribution in [0.15, 0.2) is 0 Å². The molecule has 3 N–H and O–H groups in total. The minimum atomic E-state index is -0.936. The first-order valence-electron chi connectivity index (χ1n) is 6.45. The second-order valence-corrected chi connectivity index (χ2v) is 5.76. The zero-order valence-electron chi connectivity index (χ0n) is 11.0. The highest BCUT2D eigenvalue weighted by molar-refractivity contribution is 8.00. The van der Waals surface area contributed by atoms with Crippen LogP contribution in [0.2, 0.25) is 0 Å². The van der Waals surface area contributed by atoms with E-state index in [0.717, 1.165) is 19.3 Å². The van der Waals surface area contributed by atoms with Crippen molar-refractivity contribution in [1.29, 1.82) is 0 Å². The number of hydrogen-bond donors (Lipinski definition) is 2. The third-order valence-electron chi connectivity index (χ3n) is 3.17. The Kier molecular flexibility index (Phi) is 5.95. The number of carboxylic acid groups (broad SMARTS) is 1. The number of nitrogens with zero attached hydrogens (tertiary/aromatic N) is 1. The van der Waals surface area contributed by atoms with Crippen molar-refractivity contribution in [3.63, 3.8) is 0 Å². The Morgan fingerprint density at radius 1 is 1.50 bits per heavy atom. The molecule has 1 rings (SSSR count). The van der Waals surface area contributed by atoms with Gasteiger partial charge in [-0.3, -0.25) is 4.79 Å². The highest BCUT2D eigenvalue weighted by atomic mass is 32.2. The molecule has 0 aromatic rings. The molecular weight excluding hydrogens is 252 g/mol. The molecule has 3 atom stereocenters. The molecule has 1 aliphatic rings. The lowest BCUT2D eigenvalue weighted by Gasteiger charge is -2.29. The van der Waals surface area contributed by atoms with E-state index in [2.05, 4.69) is 0 Å². The van der Waals surface area contributed by atoms with Gasteiger partial charge in [0, 0.05) is 5.75 Å². The molecule has 0 aromatic carbocycles. The Hall–Kier alpha value is -0.750. The normalized spacial score (nSPS) is 25.2. The summed E-state index contributed by atoms with van der Waals surface area (Å²) in [5.74, 6) is -0.692. The Morgan fingerprint density at radius 3 is 2.67 bits per heavy atom. The van der Waals surface area contributed by atoms with E-state index < -0.39 is 18.1 Å². The van der Waals surface area contributed by atoms with Gasteiger partial charge in [-0.2, -0.15) is 0 Å². The minimum absolute atomic E-state index is 0.0497. The highest BCUT2D eigenvalue weighted by Gasteiger charge is 2.41. The van der Waals surface area contributed by atoms with Crippen molar-refractivity contribution in [2.75, 3.05) is 5.75 Å². The van der Waals surface area contributed by atoms with E-state index in [4.69, 9.17) is 10.8 Å². The van der Waals surface area contributed by atoms with Gasteiger partial charge in [0.1, 0.15) is 6.04 Å². The largest absolute Gasteiger partial charge is 0.480 e. The topological polar surface area (TPSA) is 83.6 Å². The fourth-order valence-electron chi connectivity index (χ4n) is 2.10. The molecule has 2 unspecified atom stereocenters. The number of carbonyl (C=O) groups excluding carboxylic acids is 1. The third-order valence-corrected chi connectivity index (χ3v) is 4.62. The number of unbranched alkanes of at least 4 members (excludes halogenated alkanes) is 1. The third kappa shape index (κ3) is 3.38. The van der Waals surface area contributed by atoms with Crippen LogP contribution < -0.4 is 5.73 Å². The average molecular weight is 274 g/mol. The number of hydrogen-bond acceptors (Lipinski definition) is 4. The summed E-state index contributed by atoms with van der Waals surface area (Å²) in [5.41, 5.74) is 5.87. The molecule has 5 nitrogen and oxygen atoms in total. The number of thioether (sulfide) groups is 1. The molecule has 1 heterocycles. The molecule has 0 spiro atoms. The first-order valence-corrected chi connectivity index (χ1v) is 7.49. The van der Waals surface area contributed by atoms with Gasteiger partial charge in [0.2, 0.25) is 5.91 Å². The van der Waals surface area contributed by atoms with Crippen LogP contribution in [0.4, 0.5) is 0 Å². The Bertz CT molecular complexity index is 312. The van der Waals surface area contributed by atoms with E-state index in [0.29, 0.717) is 12.2 Å². The van der Waals surface area contributed by atoms with Crippen LogP contribution in [0.3, 0.4) is 0 Å². The summed E-state index contributed by atoms with van der Waals surface area (Å²) in [6.45, 7) is 4.00. The fraction of sp³-hybridized carbons (Fsp3) is 0.833. The van der Waals surface area contributed by atoms with Crippen LogP contribution in [-0.4, -0.2) is 45.1 Å². The summed E-state index contributed by atoms with van der Waals surface area (Å²) in [5, 5.41) is 9.11. The van der Waals surface area contributed by atoms with Gasteiger partial charge in [0.15, 0.2) is 0 Å². The van der Waals surface area contributed by atoms with Gasteiger partial charge in [-0.15, -0.1) is 11.8 Å². The fourth-order valence-corrected chi connectivity index (χ4v) is 3.46. The Labute approximate surface area is 112 Å². The molecule has 18 heavy (non-hydrogen) atoms. The van der Waals surface area contributed by atoms with Crippen molar-refractivity contribution in [2.45, 2.75) is 57.0 Å². The molecular formula is C12H22N2O3S. The van der Waals surface area contributed by atoms with Crippen molar-refractivity contribution >= 4 is 23.6 Å². The number of nitrogens with two attached hydrogens (primary N) is 1. The molecule has 1 amide bonds. The van der Waals surface area contributed by atoms with Crippen molar-refractivity contribution in [1.82, 2.24) is 4.90 Å². The maximum Gasteiger partial charge on any atom is 0.327 e. The monoisotopic (exact) mass is 274 g/mol. The second kappa shape index (κ2) is 6.99. The van der Waals surface area contributed by atoms with Gasteiger partial charge in [-0.25, -0.2) is 4.79 Å². The zero-order chi connectivity index (χ0) is 13.7. The van der Waals surface area contributed by atoms with Crippen LogP contribution in [0.5, 0.6) is 0 Å². The van der Waals surface area contributed by atoms with Gasteiger partial charge in [0.25, 0.3) is 0 Å². The van der Waals surface area contributed by atoms with Gasteiger partial charge in [0.05, 0.1) is 11.4 Å². The van der Waals surface area contributed by atoms with Crippen molar-refractivity contribution < 1.29 is 14.7 Å². The first kappa shape index (κ1) is 15.3. The van der Waals surface area contributed by atoms with Crippen LogP contribution in [-0.2, 0) is 9.59 Å². The molecule has 1 fully saturated rings. The van der Waals surface area contributed by atoms with Crippen molar-refractivity contribution in [3.05, 3.63) is 0 Å². The summed E-state index contributed by atoms with van der Waals surface area (Å²) in [4.78, 5) is 24.9. The molecule has 0 saturated carbocycles. The van der Waals surface area contributed by atoms with E-state index >= 15 is 0 Å². The molecule has 1 aliphatic heterocycles. The summed E-state index contributed by atoms with van der Waals surface area (Å²) in [7, 11) is 0. The van der Waals surface area contributed by atoms with Crippen LogP contribution in [0, 0.1) is 0 Å². The van der Waals surface area contributed by atoms with E-state index in [1.54, 1.807) is 0 Å². The molecule has 0 bridgehead atoms. The predicted molar refractivity (Wildman–Crippen MR) is 72.3 cm³/mol. The number of carbonyl (C=O) groups is 2. The van der Waals surface area contributed by atoms with Crippen molar-refractivity contribution in [2.24, 2.45) is 5.73 Å². The summed E-state index contributed by atoms with van der Waals surface area (Å²) < 4.78 is 0. The second-order valence-electron chi connectivity index (χ2n) is 4.54. The van der Waals surface area contributed by atoms with Crippen LogP contribution in [0.1, 0.15) is 39.5 Å². The van der Waals surface area contributed by atoms with Crippen LogP contribution in [0.25, 0.3) is 0 Å². The molecule has 104 valence electrons. The Morgan fingerprint density at radius 2 is 2.17 bits per heavy atom. The SMILES string of the molecule is CCCC[C@H](N)C(=O)N1C(CC)SCC1C(=O)O. The van der Waals surface area contributed by atoms with Gasteiger partial charge in [-0.1, -0.05) is 26.7 Å². The number of amides is 1. The lowest BCUT2D eigenvalue weighted by molar-refractivity contribution is -0.149. The highest BCUT2D eigenvalue weighted by Crippen LogP contribution is 2.32. The average Bonchev–Trinajstić information content (AvgIpc) is 2.78. The van der Waals surface area contributed by atoms with E-state index in [1.165, 1.54) is 16.7 Å². The summed E-state index contributed by atoms with van der Waals surface area (Å²) >= 11 is 1.53. The maximum atomic E-state index is 12.3. The quantitative estimate of drug-likeness (QED) is 0.762. The Balaban J connectivity index is 2.74. The molecule has 6 heteroatoms. The van der Waals surface area contributed by atoms with Gasteiger partial charge < -0.3 is 15.7 Å². The smallest absolute Gasteiger partial charge is 0.327 e. The van der Waals surface area contributed by atoms with Gasteiger partial charge >= 0.3 is 5.97 Å². The van der Waals surface area contributed by atoms with E-state index in [9.17, 15) is 9.59 Å². The predicted octanol–water partition coefficient (Wildman–Crippen LogP) is 1.27. The first-order chi connectivity index (χ1) is 8.52. The minimum Gasteiger partial charge on any atom is -0.480 e. The zero-order valence-corrected chi connectivity index (χ0v) is 11.8. The maximum absolute atomic E-state index is 12.3. The van der Waals surface area contributed by atoms with E-state index in [1.807, 2.05) is 13.8 Å².